The van der Waals surface area contributed by atoms with Crippen molar-refractivity contribution in [1.82, 2.24) is 9.38 Å². The fraction of sp³-hybridized carbons (Fsp3) is 0.263. The molecule has 1 unspecified atom stereocenters. The van der Waals surface area contributed by atoms with Crippen LogP contribution in [0, 0.1) is 0 Å². The van der Waals surface area contributed by atoms with E-state index in [1.54, 1.807) is 0 Å². The highest BCUT2D eigenvalue weighted by Gasteiger charge is 2.20. The molecule has 0 fully saturated rings. The molecule has 0 N–H and O–H groups in total. The van der Waals surface area contributed by atoms with Gasteiger partial charge in [-0.3, -0.25) is 9.20 Å². The van der Waals surface area contributed by atoms with Gasteiger partial charge in [-0.15, -0.1) is 0 Å². The zero-order valence-corrected chi connectivity index (χ0v) is 13.8. The third-order valence-electron chi connectivity index (χ3n) is 4.44. The molecule has 0 saturated carbocycles. The molecule has 2 aromatic heterocycles. The normalized spacial score (nSPS) is 14.8. The number of imidazole rings is 1. The van der Waals surface area contributed by atoms with E-state index in [0.29, 0.717) is 0 Å². The van der Waals surface area contributed by atoms with E-state index in [2.05, 4.69) is 17.1 Å². The average molecular weight is 322 g/mol. The van der Waals surface area contributed by atoms with Crippen molar-refractivity contribution < 1.29 is 4.79 Å². The fourth-order valence-corrected chi connectivity index (χ4v) is 4.13. The molecule has 0 amide bonds. The Hall–Kier alpha value is -2.07. The minimum Gasteiger partial charge on any atom is -0.295 e. The molecule has 1 aromatic carbocycles. The molecule has 3 aromatic rings. The highest BCUT2D eigenvalue weighted by atomic mass is 32.2. The summed E-state index contributed by atoms with van der Waals surface area (Å²) < 4.78 is 2.02. The third kappa shape index (κ3) is 2.68. The SMILES string of the molecule is CC(Sc1ncc2ccccn12)C(=O)c1ccc2c(c1)CCC2. The third-order valence-corrected chi connectivity index (χ3v) is 5.52. The van der Waals surface area contributed by atoms with Gasteiger partial charge in [0.05, 0.1) is 17.0 Å². The van der Waals surface area contributed by atoms with Crippen LogP contribution in [0.4, 0.5) is 0 Å². The molecule has 0 bridgehead atoms. The highest BCUT2D eigenvalue weighted by Crippen LogP contribution is 2.28. The minimum absolute atomic E-state index is 0.153. The van der Waals surface area contributed by atoms with Gasteiger partial charge in [0.2, 0.25) is 0 Å². The van der Waals surface area contributed by atoms with Crippen LogP contribution in [0.1, 0.15) is 34.8 Å². The van der Waals surface area contributed by atoms with E-state index in [-0.39, 0.29) is 11.0 Å². The average Bonchev–Trinajstić information content (AvgIpc) is 3.20. The van der Waals surface area contributed by atoms with Crippen molar-refractivity contribution in [2.24, 2.45) is 0 Å². The van der Waals surface area contributed by atoms with E-state index < -0.39 is 0 Å². The first-order chi connectivity index (χ1) is 11.2. The van der Waals surface area contributed by atoms with Gasteiger partial charge < -0.3 is 0 Å². The Morgan fingerprint density at radius 1 is 1.22 bits per heavy atom. The molecule has 1 atom stereocenters. The Labute approximate surface area is 139 Å². The molecule has 0 aliphatic heterocycles. The standard InChI is InChI=1S/C19H18N2OS/c1-13(23-19-20-12-17-7-2-3-10-21(17)19)18(22)16-9-8-14-5-4-6-15(14)11-16/h2-3,7-13H,4-6H2,1H3. The summed E-state index contributed by atoms with van der Waals surface area (Å²) in [6.07, 6.45) is 7.28. The van der Waals surface area contributed by atoms with Crippen LogP contribution in [0.15, 0.2) is 53.9 Å². The Morgan fingerprint density at radius 2 is 2.09 bits per heavy atom. The van der Waals surface area contributed by atoms with Gasteiger partial charge in [0.15, 0.2) is 10.9 Å². The summed E-state index contributed by atoms with van der Waals surface area (Å²) in [4.78, 5) is 17.2. The highest BCUT2D eigenvalue weighted by molar-refractivity contribution is 8.00. The predicted molar refractivity (Wildman–Crippen MR) is 93.3 cm³/mol. The molecule has 116 valence electrons. The second-order valence-corrected chi connectivity index (χ2v) is 7.31. The summed E-state index contributed by atoms with van der Waals surface area (Å²) >= 11 is 1.52. The lowest BCUT2D eigenvalue weighted by atomic mass is 10.0. The van der Waals surface area contributed by atoms with Crippen molar-refractivity contribution in [3.8, 4) is 0 Å². The van der Waals surface area contributed by atoms with E-state index >= 15 is 0 Å². The number of Topliss-reactive ketones (excluding diaryl/α,β-unsaturated/α-hetero) is 1. The lowest BCUT2D eigenvalue weighted by molar-refractivity contribution is 0.0994. The smallest absolute Gasteiger partial charge is 0.176 e. The zero-order chi connectivity index (χ0) is 15.8. The molecule has 4 rings (SSSR count). The maximum absolute atomic E-state index is 12.7. The van der Waals surface area contributed by atoms with Crippen molar-refractivity contribution in [2.45, 2.75) is 36.6 Å². The summed E-state index contributed by atoms with van der Waals surface area (Å²) in [6.45, 7) is 1.96. The van der Waals surface area contributed by atoms with Crippen LogP contribution in [-0.2, 0) is 12.8 Å². The monoisotopic (exact) mass is 322 g/mol. The van der Waals surface area contributed by atoms with E-state index in [9.17, 15) is 4.79 Å². The summed E-state index contributed by atoms with van der Waals surface area (Å²) in [5, 5.41) is 0.711. The summed E-state index contributed by atoms with van der Waals surface area (Å²) in [6, 6.07) is 12.2. The Bertz CT molecular complexity index is 884. The van der Waals surface area contributed by atoms with Crippen LogP contribution >= 0.6 is 11.8 Å². The maximum atomic E-state index is 12.7. The van der Waals surface area contributed by atoms with Crippen molar-refractivity contribution in [3.05, 3.63) is 65.5 Å². The molecule has 23 heavy (non-hydrogen) atoms. The molecule has 2 heterocycles. The van der Waals surface area contributed by atoms with Crippen molar-refractivity contribution in [1.29, 1.82) is 0 Å². The number of pyridine rings is 1. The molecule has 1 aliphatic carbocycles. The number of aromatic nitrogens is 2. The first-order valence-electron chi connectivity index (χ1n) is 7.97. The topological polar surface area (TPSA) is 34.4 Å². The van der Waals surface area contributed by atoms with E-state index in [1.165, 1.54) is 29.3 Å². The summed E-state index contributed by atoms with van der Waals surface area (Å²) in [5.74, 6) is 0.178. The van der Waals surface area contributed by atoms with Gasteiger partial charge in [-0.2, -0.15) is 0 Å². The zero-order valence-electron chi connectivity index (χ0n) is 13.0. The molecule has 0 saturated heterocycles. The lowest BCUT2D eigenvalue weighted by Gasteiger charge is -2.11. The number of hydrogen-bond acceptors (Lipinski definition) is 3. The molecular formula is C19H18N2OS. The molecule has 0 radical (unpaired) electrons. The maximum Gasteiger partial charge on any atom is 0.176 e. The second-order valence-electron chi connectivity index (χ2n) is 6.00. The van der Waals surface area contributed by atoms with Gasteiger partial charge in [-0.05, 0) is 55.5 Å². The first-order valence-corrected chi connectivity index (χ1v) is 8.85. The number of carbonyl (C=O) groups is 1. The Morgan fingerprint density at radius 3 is 3.00 bits per heavy atom. The van der Waals surface area contributed by atoms with Crippen LogP contribution in [0.3, 0.4) is 0 Å². The number of nitrogens with zero attached hydrogens (tertiary/aromatic N) is 2. The minimum atomic E-state index is -0.153. The van der Waals surface area contributed by atoms with Crippen molar-refractivity contribution in [2.75, 3.05) is 0 Å². The molecule has 4 heteroatoms. The molecule has 1 aliphatic rings. The number of fused-ring (bicyclic) bond motifs is 2. The van der Waals surface area contributed by atoms with Crippen LogP contribution in [-0.4, -0.2) is 20.4 Å². The molecule has 3 nitrogen and oxygen atoms in total. The lowest BCUT2D eigenvalue weighted by Crippen LogP contribution is -2.14. The van der Waals surface area contributed by atoms with Gasteiger partial charge in [0.1, 0.15) is 0 Å². The number of ketones is 1. The quantitative estimate of drug-likeness (QED) is 0.534. The van der Waals surface area contributed by atoms with Gasteiger partial charge in [-0.25, -0.2) is 4.98 Å². The largest absolute Gasteiger partial charge is 0.295 e. The Kier molecular flexibility index (Phi) is 3.69. The van der Waals surface area contributed by atoms with Crippen molar-refractivity contribution >= 4 is 23.1 Å². The number of aryl methyl sites for hydroxylation is 2. The first kappa shape index (κ1) is 14.5. The number of benzene rings is 1. The number of rotatable bonds is 4. The van der Waals surface area contributed by atoms with Crippen molar-refractivity contribution in [3.63, 3.8) is 0 Å². The van der Waals surface area contributed by atoms with E-state index in [0.717, 1.165) is 29.1 Å². The van der Waals surface area contributed by atoms with Gasteiger partial charge >= 0.3 is 0 Å². The number of thioether (sulfide) groups is 1. The van der Waals surface area contributed by atoms with Crippen LogP contribution in [0.2, 0.25) is 0 Å². The Balaban J connectivity index is 1.56. The van der Waals surface area contributed by atoms with Crippen LogP contribution in [0.5, 0.6) is 0 Å². The number of carbonyl (C=O) groups excluding carboxylic acids is 1. The van der Waals surface area contributed by atoms with Gasteiger partial charge in [-0.1, -0.05) is 30.0 Å². The van der Waals surface area contributed by atoms with Gasteiger partial charge in [0.25, 0.3) is 0 Å². The predicted octanol–water partition coefficient (Wildman–Crippen LogP) is 4.19. The van der Waals surface area contributed by atoms with Crippen LogP contribution < -0.4 is 0 Å². The fourth-order valence-electron chi connectivity index (χ4n) is 3.18. The molecule has 0 spiro atoms. The summed E-state index contributed by atoms with van der Waals surface area (Å²) in [5.41, 5.74) is 4.62. The summed E-state index contributed by atoms with van der Waals surface area (Å²) in [7, 11) is 0. The number of hydrogen-bond donors (Lipinski definition) is 0. The van der Waals surface area contributed by atoms with E-state index in [1.807, 2.05) is 48.0 Å². The molecular weight excluding hydrogens is 304 g/mol. The second kappa shape index (κ2) is 5.85. The van der Waals surface area contributed by atoms with E-state index in [4.69, 9.17) is 0 Å². The van der Waals surface area contributed by atoms with Crippen LogP contribution in [0.25, 0.3) is 5.52 Å². The van der Waals surface area contributed by atoms with Gasteiger partial charge in [0, 0.05) is 11.8 Å².